The predicted octanol–water partition coefficient (Wildman–Crippen LogP) is 3.04. The minimum atomic E-state index is -4.40. The lowest BCUT2D eigenvalue weighted by Gasteiger charge is -2.32. The van der Waals surface area contributed by atoms with Crippen molar-refractivity contribution in [3.05, 3.63) is 0 Å². The molecule has 1 saturated carbocycles. The zero-order chi connectivity index (χ0) is 13.6. The van der Waals surface area contributed by atoms with Gasteiger partial charge in [0, 0.05) is 12.4 Å². The van der Waals surface area contributed by atoms with Crippen LogP contribution in [0.4, 0.5) is 18.0 Å². The third kappa shape index (κ3) is 4.92. The number of carbonyl (C=O) groups excluding carboxylic acids is 1. The SMILES string of the molecule is O=C(NCCCl)NC(C1CCCCC1)C(F)(F)F. The Morgan fingerprint density at radius 3 is 2.39 bits per heavy atom. The standard InChI is InChI=1S/C11H18ClF3N2O/c12-6-7-16-10(18)17-9(11(13,14)15)8-4-2-1-3-5-8/h8-9H,1-7H2,(H2,16,17,18). The first-order valence-electron chi connectivity index (χ1n) is 6.12. The lowest BCUT2D eigenvalue weighted by Crippen LogP contribution is -2.53. The van der Waals surface area contributed by atoms with Crippen molar-refractivity contribution in [2.24, 2.45) is 5.92 Å². The Morgan fingerprint density at radius 2 is 1.89 bits per heavy atom. The second-order valence-corrected chi connectivity index (χ2v) is 4.88. The molecule has 0 aliphatic heterocycles. The van der Waals surface area contributed by atoms with E-state index in [2.05, 4.69) is 5.32 Å². The molecule has 0 aromatic heterocycles. The molecule has 1 unspecified atom stereocenters. The van der Waals surface area contributed by atoms with Crippen LogP contribution in [0.5, 0.6) is 0 Å². The quantitative estimate of drug-likeness (QED) is 0.766. The van der Waals surface area contributed by atoms with Gasteiger partial charge in [0.05, 0.1) is 0 Å². The summed E-state index contributed by atoms with van der Waals surface area (Å²) in [5.41, 5.74) is 0. The molecule has 1 atom stereocenters. The summed E-state index contributed by atoms with van der Waals surface area (Å²) in [6.07, 6.45) is -0.815. The van der Waals surface area contributed by atoms with Crippen molar-refractivity contribution >= 4 is 17.6 Å². The monoisotopic (exact) mass is 286 g/mol. The molecule has 2 amide bonds. The fourth-order valence-corrected chi connectivity index (χ4v) is 2.38. The van der Waals surface area contributed by atoms with E-state index in [1.807, 2.05) is 5.32 Å². The molecule has 18 heavy (non-hydrogen) atoms. The van der Waals surface area contributed by atoms with Crippen LogP contribution in [-0.2, 0) is 0 Å². The molecule has 0 spiro atoms. The molecule has 0 saturated heterocycles. The highest BCUT2D eigenvalue weighted by Gasteiger charge is 2.45. The molecule has 0 bridgehead atoms. The van der Waals surface area contributed by atoms with Gasteiger partial charge in [0.15, 0.2) is 0 Å². The van der Waals surface area contributed by atoms with Crippen LogP contribution in [0, 0.1) is 5.92 Å². The fraction of sp³-hybridized carbons (Fsp3) is 0.909. The van der Waals surface area contributed by atoms with Crippen molar-refractivity contribution in [3.63, 3.8) is 0 Å². The number of rotatable bonds is 4. The second-order valence-electron chi connectivity index (χ2n) is 4.51. The van der Waals surface area contributed by atoms with Crippen LogP contribution in [0.3, 0.4) is 0 Å². The Kier molecular flexibility index (Phi) is 6.05. The van der Waals surface area contributed by atoms with Gasteiger partial charge in [-0.05, 0) is 18.8 Å². The summed E-state index contributed by atoms with van der Waals surface area (Å²) in [4.78, 5) is 11.3. The van der Waals surface area contributed by atoms with Crippen LogP contribution < -0.4 is 10.6 Å². The molecular weight excluding hydrogens is 269 g/mol. The molecule has 0 radical (unpaired) electrons. The minimum absolute atomic E-state index is 0.155. The first kappa shape index (κ1) is 15.4. The molecule has 1 fully saturated rings. The largest absolute Gasteiger partial charge is 0.408 e. The predicted molar refractivity (Wildman–Crippen MR) is 63.7 cm³/mol. The van der Waals surface area contributed by atoms with Gasteiger partial charge in [0.1, 0.15) is 6.04 Å². The van der Waals surface area contributed by atoms with Crippen molar-refractivity contribution in [2.75, 3.05) is 12.4 Å². The molecule has 1 aliphatic rings. The lowest BCUT2D eigenvalue weighted by atomic mass is 9.83. The van der Waals surface area contributed by atoms with E-state index in [0.29, 0.717) is 12.8 Å². The third-order valence-electron chi connectivity index (χ3n) is 3.14. The molecule has 0 heterocycles. The molecule has 106 valence electrons. The highest BCUT2D eigenvalue weighted by atomic mass is 35.5. The van der Waals surface area contributed by atoms with E-state index in [1.165, 1.54) is 0 Å². The van der Waals surface area contributed by atoms with Gasteiger partial charge in [-0.15, -0.1) is 11.6 Å². The van der Waals surface area contributed by atoms with Crippen LogP contribution in [-0.4, -0.2) is 30.7 Å². The number of nitrogens with one attached hydrogen (secondary N) is 2. The zero-order valence-electron chi connectivity index (χ0n) is 10.0. The fourth-order valence-electron chi connectivity index (χ4n) is 2.29. The van der Waals surface area contributed by atoms with Crippen molar-refractivity contribution < 1.29 is 18.0 Å². The topological polar surface area (TPSA) is 41.1 Å². The number of hydrogen-bond acceptors (Lipinski definition) is 1. The van der Waals surface area contributed by atoms with Crippen molar-refractivity contribution in [1.29, 1.82) is 0 Å². The minimum Gasteiger partial charge on any atom is -0.337 e. The Hall–Kier alpha value is -0.650. The molecule has 1 rings (SSSR count). The van der Waals surface area contributed by atoms with Crippen LogP contribution in [0.2, 0.25) is 0 Å². The van der Waals surface area contributed by atoms with E-state index in [1.54, 1.807) is 0 Å². The van der Waals surface area contributed by atoms with Gasteiger partial charge in [-0.1, -0.05) is 19.3 Å². The smallest absolute Gasteiger partial charge is 0.337 e. The number of hydrogen-bond donors (Lipinski definition) is 2. The Morgan fingerprint density at radius 1 is 1.28 bits per heavy atom. The van der Waals surface area contributed by atoms with E-state index in [-0.39, 0.29) is 12.4 Å². The Labute approximate surface area is 109 Å². The highest BCUT2D eigenvalue weighted by molar-refractivity contribution is 6.18. The molecule has 3 nitrogen and oxygen atoms in total. The summed E-state index contributed by atoms with van der Waals surface area (Å²) in [5, 5.41) is 4.32. The van der Waals surface area contributed by atoms with Gasteiger partial charge in [-0.2, -0.15) is 13.2 Å². The van der Waals surface area contributed by atoms with Crippen LogP contribution in [0.1, 0.15) is 32.1 Å². The molecule has 2 N–H and O–H groups in total. The molecule has 0 aromatic rings. The van der Waals surface area contributed by atoms with Gasteiger partial charge in [0.25, 0.3) is 0 Å². The number of urea groups is 1. The summed E-state index contributed by atoms with van der Waals surface area (Å²) in [5.74, 6) is -0.339. The van der Waals surface area contributed by atoms with Gasteiger partial charge < -0.3 is 10.6 Å². The highest BCUT2D eigenvalue weighted by Crippen LogP contribution is 2.34. The van der Waals surface area contributed by atoms with Crippen molar-refractivity contribution in [1.82, 2.24) is 10.6 Å². The first-order valence-corrected chi connectivity index (χ1v) is 6.65. The first-order chi connectivity index (χ1) is 8.45. The maximum atomic E-state index is 12.9. The summed E-state index contributed by atoms with van der Waals surface area (Å²) in [6.45, 7) is 0.155. The Bertz CT molecular complexity index is 268. The van der Waals surface area contributed by atoms with Crippen LogP contribution in [0.25, 0.3) is 0 Å². The number of carbonyl (C=O) groups is 1. The lowest BCUT2D eigenvalue weighted by molar-refractivity contribution is -0.167. The summed E-state index contributed by atoms with van der Waals surface area (Å²) in [6, 6.07) is -2.56. The van der Waals surface area contributed by atoms with Crippen LogP contribution in [0.15, 0.2) is 0 Å². The summed E-state index contributed by atoms with van der Waals surface area (Å²) >= 11 is 5.36. The van der Waals surface area contributed by atoms with Crippen LogP contribution >= 0.6 is 11.6 Å². The number of amides is 2. The van der Waals surface area contributed by atoms with E-state index in [4.69, 9.17) is 11.6 Å². The summed E-state index contributed by atoms with van der Waals surface area (Å²) < 4.78 is 38.8. The maximum Gasteiger partial charge on any atom is 0.408 e. The number of alkyl halides is 4. The van der Waals surface area contributed by atoms with E-state index >= 15 is 0 Å². The van der Waals surface area contributed by atoms with Crippen molar-refractivity contribution in [2.45, 2.75) is 44.3 Å². The Balaban J connectivity index is 2.58. The van der Waals surface area contributed by atoms with E-state index in [0.717, 1.165) is 19.3 Å². The molecule has 0 aromatic carbocycles. The summed E-state index contributed by atoms with van der Waals surface area (Å²) in [7, 11) is 0. The van der Waals surface area contributed by atoms with Gasteiger partial charge >= 0.3 is 12.2 Å². The third-order valence-corrected chi connectivity index (χ3v) is 3.33. The maximum absolute atomic E-state index is 12.9. The van der Waals surface area contributed by atoms with E-state index < -0.39 is 24.2 Å². The normalized spacial score (nSPS) is 19.3. The van der Waals surface area contributed by atoms with E-state index in [9.17, 15) is 18.0 Å². The van der Waals surface area contributed by atoms with Crippen molar-refractivity contribution in [3.8, 4) is 0 Å². The average molecular weight is 287 g/mol. The number of halogens is 4. The van der Waals surface area contributed by atoms with Gasteiger partial charge in [-0.25, -0.2) is 4.79 Å². The van der Waals surface area contributed by atoms with Gasteiger partial charge in [0.2, 0.25) is 0 Å². The molecular formula is C11H18ClF3N2O. The molecule has 7 heteroatoms. The second kappa shape index (κ2) is 7.07. The average Bonchev–Trinajstić information content (AvgIpc) is 2.33. The molecule has 1 aliphatic carbocycles. The zero-order valence-corrected chi connectivity index (χ0v) is 10.8. The van der Waals surface area contributed by atoms with Gasteiger partial charge in [-0.3, -0.25) is 0 Å².